The van der Waals surface area contributed by atoms with Crippen LogP contribution in [0.2, 0.25) is 0 Å². The number of methoxy groups -OCH3 is 1. The third kappa shape index (κ3) is 6.06. The number of hydrogen-bond donors (Lipinski definition) is 2. The van der Waals surface area contributed by atoms with E-state index in [9.17, 15) is 18.0 Å². The van der Waals surface area contributed by atoms with E-state index in [1.165, 1.54) is 23.5 Å². The van der Waals surface area contributed by atoms with E-state index in [4.69, 9.17) is 9.47 Å². The Morgan fingerprint density at radius 1 is 1.00 bits per heavy atom. The number of benzene rings is 2. The second-order valence-electron chi connectivity index (χ2n) is 7.26. The van der Waals surface area contributed by atoms with E-state index >= 15 is 0 Å². The van der Waals surface area contributed by atoms with Gasteiger partial charge in [0.2, 0.25) is 15.9 Å². The van der Waals surface area contributed by atoms with Crippen LogP contribution in [-0.4, -0.2) is 57.6 Å². The molecule has 1 saturated heterocycles. The van der Waals surface area contributed by atoms with Crippen LogP contribution in [-0.2, 0) is 24.3 Å². The summed E-state index contributed by atoms with van der Waals surface area (Å²) >= 11 is 0. The molecule has 1 aliphatic heterocycles. The fourth-order valence-corrected chi connectivity index (χ4v) is 5.13. The number of sulfonamides is 1. The zero-order valence-electron chi connectivity index (χ0n) is 17.8. The highest BCUT2D eigenvalue weighted by Gasteiger charge is 2.37. The van der Waals surface area contributed by atoms with Gasteiger partial charge in [0, 0.05) is 25.0 Å². The van der Waals surface area contributed by atoms with E-state index in [1.807, 2.05) is 0 Å². The van der Waals surface area contributed by atoms with Crippen LogP contribution in [0.3, 0.4) is 0 Å². The number of nitrogens with zero attached hydrogens (tertiary/aromatic N) is 1. The Balaban J connectivity index is 1.69. The van der Waals surface area contributed by atoms with Gasteiger partial charge in [-0.3, -0.25) is 10.1 Å². The Bertz CT molecular complexity index is 1030. The molecule has 0 aromatic heterocycles. The molecule has 9 nitrogen and oxygen atoms in total. The fraction of sp³-hybridized carbons (Fsp3) is 0.364. The molecule has 1 atom stereocenters. The smallest absolute Gasteiger partial charge is 0.411 e. The maximum Gasteiger partial charge on any atom is 0.411 e. The van der Waals surface area contributed by atoms with Gasteiger partial charge in [0.25, 0.3) is 0 Å². The predicted molar refractivity (Wildman–Crippen MR) is 120 cm³/mol. The Morgan fingerprint density at radius 3 is 2.44 bits per heavy atom. The van der Waals surface area contributed by atoms with E-state index in [1.54, 1.807) is 42.5 Å². The van der Waals surface area contributed by atoms with Crippen LogP contribution in [0.1, 0.15) is 19.3 Å². The van der Waals surface area contributed by atoms with Crippen molar-refractivity contribution >= 4 is 33.4 Å². The maximum absolute atomic E-state index is 13.1. The first-order valence-corrected chi connectivity index (χ1v) is 11.8. The second kappa shape index (κ2) is 11.1. The molecule has 0 aliphatic carbocycles. The lowest BCUT2D eigenvalue weighted by atomic mass is 10.0. The van der Waals surface area contributed by atoms with Gasteiger partial charge in [0.15, 0.2) is 0 Å². The van der Waals surface area contributed by atoms with Crippen LogP contribution >= 0.6 is 0 Å². The number of amides is 2. The number of rotatable bonds is 8. The van der Waals surface area contributed by atoms with Gasteiger partial charge in [0.05, 0.1) is 11.5 Å². The third-order valence-electron chi connectivity index (χ3n) is 5.00. The molecule has 32 heavy (non-hydrogen) atoms. The van der Waals surface area contributed by atoms with Gasteiger partial charge in [-0.1, -0.05) is 30.7 Å². The molecule has 2 N–H and O–H groups in total. The van der Waals surface area contributed by atoms with Crippen molar-refractivity contribution < 1.29 is 27.5 Å². The molecule has 1 fully saturated rings. The van der Waals surface area contributed by atoms with Crippen molar-refractivity contribution in [2.75, 3.05) is 37.5 Å². The van der Waals surface area contributed by atoms with Gasteiger partial charge in [-0.15, -0.1) is 0 Å². The van der Waals surface area contributed by atoms with Crippen molar-refractivity contribution in [3.05, 3.63) is 54.6 Å². The fourth-order valence-electron chi connectivity index (χ4n) is 3.45. The van der Waals surface area contributed by atoms with E-state index in [2.05, 4.69) is 10.6 Å². The van der Waals surface area contributed by atoms with Gasteiger partial charge in [-0.2, -0.15) is 4.31 Å². The molecule has 1 heterocycles. The van der Waals surface area contributed by atoms with Gasteiger partial charge >= 0.3 is 6.09 Å². The summed E-state index contributed by atoms with van der Waals surface area (Å²) in [4.78, 5) is 25.0. The zero-order chi connectivity index (χ0) is 23.0. The first-order chi connectivity index (χ1) is 15.4. The van der Waals surface area contributed by atoms with Crippen molar-refractivity contribution in [3.8, 4) is 0 Å². The molecule has 172 valence electrons. The van der Waals surface area contributed by atoms with Gasteiger partial charge in [0.1, 0.15) is 12.6 Å². The SMILES string of the molecule is COCCOC(=O)Nc1cccc(NC(=O)C2CCCCN2S(=O)(=O)c2ccccc2)c1. The van der Waals surface area contributed by atoms with Crippen LogP contribution in [0.25, 0.3) is 0 Å². The lowest BCUT2D eigenvalue weighted by Crippen LogP contribution is -2.49. The average Bonchev–Trinajstić information content (AvgIpc) is 2.80. The highest BCUT2D eigenvalue weighted by Crippen LogP contribution is 2.26. The van der Waals surface area contributed by atoms with Crippen LogP contribution < -0.4 is 10.6 Å². The van der Waals surface area contributed by atoms with E-state index in [-0.39, 0.29) is 24.7 Å². The number of ether oxygens (including phenoxy) is 2. The number of carbonyl (C=O) groups is 2. The summed E-state index contributed by atoms with van der Waals surface area (Å²) in [6.07, 6.45) is 1.24. The summed E-state index contributed by atoms with van der Waals surface area (Å²) < 4.78 is 37.3. The first-order valence-electron chi connectivity index (χ1n) is 10.3. The molecule has 2 amide bonds. The lowest BCUT2D eigenvalue weighted by Gasteiger charge is -2.33. The normalized spacial score (nSPS) is 16.8. The Kier molecular flexibility index (Phi) is 8.20. The monoisotopic (exact) mass is 461 g/mol. The number of nitrogens with one attached hydrogen (secondary N) is 2. The minimum atomic E-state index is -3.79. The summed E-state index contributed by atoms with van der Waals surface area (Å²) in [6.45, 7) is 0.684. The predicted octanol–water partition coefficient (Wildman–Crippen LogP) is 3.06. The van der Waals surface area contributed by atoms with Crippen molar-refractivity contribution in [2.24, 2.45) is 0 Å². The highest BCUT2D eigenvalue weighted by molar-refractivity contribution is 7.89. The Labute approximate surface area is 187 Å². The number of carbonyl (C=O) groups excluding carboxylic acids is 2. The van der Waals surface area contributed by atoms with Crippen molar-refractivity contribution in [1.82, 2.24) is 4.31 Å². The van der Waals surface area contributed by atoms with E-state index in [0.29, 0.717) is 24.2 Å². The van der Waals surface area contributed by atoms with Crippen LogP contribution in [0.15, 0.2) is 59.5 Å². The van der Waals surface area contributed by atoms with Gasteiger partial charge in [-0.25, -0.2) is 13.2 Å². The molecular weight excluding hydrogens is 434 g/mol. The molecule has 2 aromatic carbocycles. The molecule has 0 radical (unpaired) electrons. The van der Waals surface area contributed by atoms with Gasteiger partial charge < -0.3 is 14.8 Å². The van der Waals surface area contributed by atoms with Crippen molar-refractivity contribution in [1.29, 1.82) is 0 Å². The summed E-state index contributed by atoms with van der Waals surface area (Å²) in [5, 5.41) is 5.35. The molecule has 0 saturated carbocycles. The van der Waals surface area contributed by atoms with Crippen LogP contribution in [0, 0.1) is 0 Å². The van der Waals surface area contributed by atoms with E-state index in [0.717, 1.165) is 6.42 Å². The number of hydrogen-bond acceptors (Lipinski definition) is 6. The zero-order valence-corrected chi connectivity index (χ0v) is 18.6. The first kappa shape index (κ1) is 23.7. The molecule has 0 bridgehead atoms. The lowest BCUT2D eigenvalue weighted by molar-refractivity contribution is -0.120. The highest BCUT2D eigenvalue weighted by atomic mass is 32.2. The summed E-state index contributed by atoms with van der Waals surface area (Å²) in [5.74, 6) is -0.413. The molecule has 1 unspecified atom stereocenters. The Hall–Kier alpha value is -2.95. The van der Waals surface area contributed by atoms with Crippen LogP contribution in [0.4, 0.5) is 16.2 Å². The summed E-state index contributed by atoms with van der Waals surface area (Å²) in [6, 6.07) is 13.9. The number of anilines is 2. The van der Waals surface area contributed by atoms with Crippen LogP contribution in [0.5, 0.6) is 0 Å². The molecule has 0 spiro atoms. The molecule has 3 rings (SSSR count). The van der Waals surface area contributed by atoms with Crippen molar-refractivity contribution in [3.63, 3.8) is 0 Å². The average molecular weight is 462 g/mol. The minimum Gasteiger partial charge on any atom is -0.447 e. The quantitative estimate of drug-likeness (QED) is 0.584. The number of piperidine rings is 1. The van der Waals surface area contributed by atoms with Gasteiger partial charge in [-0.05, 0) is 43.2 Å². The maximum atomic E-state index is 13.1. The standard InChI is InChI=1S/C22H27N3O6S/c1-30-14-15-31-22(27)24-18-9-7-8-17(16-18)23-21(26)20-12-5-6-13-25(20)32(28,29)19-10-3-2-4-11-19/h2-4,7-11,16,20H,5-6,12-15H2,1H3,(H,23,26)(H,24,27). The summed E-state index contributed by atoms with van der Waals surface area (Å²) in [5.41, 5.74) is 0.870. The summed E-state index contributed by atoms with van der Waals surface area (Å²) in [7, 11) is -2.29. The molecule has 10 heteroatoms. The van der Waals surface area contributed by atoms with E-state index < -0.39 is 28.1 Å². The third-order valence-corrected chi connectivity index (χ3v) is 6.93. The molecular formula is C22H27N3O6S. The molecule has 1 aliphatic rings. The topological polar surface area (TPSA) is 114 Å². The largest absolute Gasteiger partial charge is 0.447 e. The molecule has 2 aromatic rings. The minimum absolute atomic E-state index is 0.117. The Morgan fingerprint density at radius 2 is 1.72 bits per heavy atom. The van der Waals surface area contributed by atoms with Crippen molar-refractivity contribution in [2.45, 2.75) is 30.2 Å². The second-order valence-corrected chi connectivity index (χ2v) is 9.15.